The molecule has 2 atom stereocenters. The Morgan fingerprint density at radius 2 is 2.09 bits per heavy atom. The van der Waals surface area contributed by atoms with Gasteiger partial charge in [-0.3, -0.25) is 0 Å². The van der Waals surface area contributed by atoms with Crippen molar-refractivity contribution in [3.05, 3.63) is 29.3 Å². The van der Waals surface area contributed by atoms with Crippen LogP contribution in [0, 0.1) is 0 Å². The zero-order valence-electron chi connectivity index (χ0n) is 13.9. The van der Waals surface area contributed by atoms with E-state index in [9.17, 15) is 0 Å². The number of benzene rings is 1. The summed E-state index contributed by atoms with van der Waals surface area (Å²) >= 11 is 0. The van der Waals surface area contributed by atoms with Crippen LogP contribution in [0.15, 0.2) is 18.2 Å². The lowest BCUT2D eigenvalue weighted by Gasteiger charge is -2.30. The SMILES string of the molecule is CCC(CCNC)NC1CCc2cccc(OC)c2C1.Cl.Cl. The quantitative estimate of drug-likeness (QED) is 0.792. The van der Waals surface area contributed by atoms with Crippen LogP contribution in [-0.4, -0.2) is 32.8 Å². The Morgan fingerprint density at radius 1 is 1.32 bits per heavy atom. The van der Waals surface area contributed by atoms with E-state index in [1.54, 1.807) is 7.11 Å². The van der Waals surface area contributed by atoms with Gasteiger partial charge in [-0.25, -0.2) is 0 Å². The maximum atomic E-state index is 5.52. The highest BCUT2D eigenvalue weighted by Gasteiger charge is 2.22. The summed E-state index contributed by atoms with van der Waals surface area (Å²) < 4.78 is 5.52. The summed E-state index contributed by atoms with van der Waals surface area (Å²) in [7, 11) is 3.79. The van der Waals surface area contributed by atoms with E-state index in [-0.39, 0.29) is 24.8 Å². The van der Waals surface area contributed by atoms with E-state index in [1.807, 2.05) is 7.05 Å². The fourth-order valence-corrected chi connectivity index (χ4v) is 3.15. The summed E-state index contributed by atoms with van der Waals surface area (Å²) in [6, 6.07) is 7.63. The van der Waals surface area contributed by atoms with Crippen molar-refractivity contribution in [3.63, 3.8) is 0 Å². The predicted molar refractivity (Wildman–Crippen MR) is 99.1 cm³/mol. The van der Waals surface area contributed by atoms with Crippen LogP contribution in [0.1, 0.15) is 37.3 Å². The third-order valence-corrected chi connectivity index (χ3v) is 4.37. The monoisotopic (exact) mass is 348 g/mol. The first-order chi connectivity index (χ1) is 9.78. The van der Waals surface area contributed by atoms with Crippen molar-refractivity contribution in [3.8, 4) is 5.75 Å². The van der Waals surface area contributed by atoms with Crippen LogP contribution < -0.4 is 15.4 Å². The maximum Gasteiger partial charge on any atom is 0.122 e. The van der Waals surface area contributed by atoms with E-state index < -0.39 is 0 Å². The lowest BCUT2D eigenvalue weighted by Crippen LogP contribution is -2.42. The molecule has 0 saturated carbocycles. The van der Waals surface area contributed by atoms with Crippen molar-refractivity contribution in [2.45, 2.75) is 51.1 Å². The lowest BCUT2D eigenvalue weighted by molar-refractivity contribution is 0.357. The second-order valence-electron chi connectivity index (χ2n) is 5.70. The summed E-state index contributed by atoms with van der Waals surface area (Å²) in [5.74, 6) is 1.05. The van der Waals surface area contributed by atoms with E-state index in [4.69, 9.17) is 4.74 Å². The van der Waals surface area contributed by atoms with Crippen LogP contribution in [0.3, 0.4) is 0 Å². The van der Waals surface area contributed by atoms with Gasteiger partial charge in [-0.2, -0.15) is 0 Å². The van der Waals surface area contributed by atoms with Gasteiger partial charge < -0.3 is 15.4 Å². The molecule has 0 aliphatic heterocycles. The topological polar surface area (TPSA) is 33.3 Å². The number of nitrogens with one attached hydrogen (secondary N) is 2. The molecule has 0 spiro atoms. The number of aryl methyl sites for hydroxylation is 1. The third-order valence-electron chi connectivity index (χ3n) is 4.37. The molecule has 0 aromatic heterocycles. The van der Waals surface area contributed by atoms with Gasteiger partial charge in [0.2, 0.25) is 0 Å². The molecular weight excluding hydrogens is 319 g/mol. The first kappa shape index (κ1) is 21.5. The molecule has 2 N–H and O–H groups in total. The minimum Gasteiger partial charge on any atom is -0.496 e. The minimum atomic E-state index is 0. The standard InChI is InChI=1S/C17H28N2O.2ClH/c1-4-14(10-11-18-2)19-15-9-8-13-6-5-7-17(20-3)16(13)12-15;;/h5-7,14-15,18-19H,4,8-12H2,1-3H3;2*1H. The molecule has 22 heavy (non-hydrogen) atoms. The van der Waals surface area contributed by atoms with Crippen LogP contribution in [0.25, 0.3) is 0 Å². The van der Waals surface area contributed by atoms with Gasteiger partial charge in [0.05, 0.1) is 7.11 Å². The van der Waals surface area contributed by atoms with Crippen molar-refractivity contribution in [2.24, 2.45) is 0 Å². The van der Waals surface area contributed by atoms with Gasteiger partial charge in [0, 0.05) is 12.1 Å². The maximum absolute atomic E-state index is 5.52. The van der Waals surface area contributed by atoms with Gasteiger partial charge in [-0.1, -0.05) is 19.1 Å². The molecule has 0 amide bonds. The summed E-state index contributed by atoms with van der Waals surface area (Å²) in [4.78, 5) is 0. The molecule has 0 bridgehead atoms. The van der Waals surface area contributed by atoms with Gasteiger partial charge in [0.1, 0.15) is 5.75 Å². The summed E-state index contributed by atoms with van der Waals surface area (Å²) in [5.41, 5.74) is 2.87. The normalized spacial score (nSPS) is 17.7. The summed E-state index contributed by atoms with van der Waals surface area (Å²) in [5, 5.41) is 7.08. The molecule has 2 unspecified atom stereocenters. The molecule has 2 rings (SSSR count). The third kappa shape index (κ3) is 5.62. The first-order valence-electron chi connectivity index (χ1n) is 7.83. The van der Waals surface area contributed by atoms with E-state index >= 15 is 0 Å². The van der Waals surface area contributed by atoms with E-state index in [1.165, 1.54) is 30.4 Å². The van der Waals surface area contributed by atoms with Gasteiger partial charge in [-0.15, -0.1) is 24.8 Å². The molecule has 0 saturated heterocycles. The number of halogens is 2. The second-order valence-corrected chi connectivity index (χ2v) is 5.70. The molecule has 1 aromatic carbocycles. The minimum absolute atomic E-state index is 0. The van der Waals surface area contributed by atoms with E-state index in [2.05, 4.69) is 35.8 Å². The highest BCUT2D eigenvalue weighted by atomic mass is 35.5. The van der Waals surface area contributed by atoms with Crippen LogP contribution in [0.2, 0.25) is 0 Å². The Kier molecular flexibility index (Phi) is 10.9. The number of fused-ring (bicyclic) bond motifs is 1. The fourth-order valence-electron chi connectivity index (χ4n) is 3.15. The average Bonchev–Trinajstić information content (AvgIpc) is 2.50. The number of ether oxygens (including phenoxy) is 1. The highest BCUT2D eigenvalue weighted by Crippen LogP contribution is 2.29. The van der Waals surface area contributed by atoms with E-state index in [0.29, 0.717) is 12.1 Å². The molecular formula is C17H30Cl2N2O. The first-order valence-corrected chi connectivity index (χ1v) is 7.83. The Morgan fingerprint density at radius 3 is 2.73 bits per heavy atom. The highest BCUT2D eigenvalue weighted by molar-refractivity contribution is 5.85. The Hall–Kier alpha value is -0.480. The van der Waals surface area contributed by atoms with Crippen molar-refractivity contribution >= 4 is 24.8 Å². The van der Waals surface area contributed by atoms with Crippen LogP contribution in [-0.2, 0) is 12.8 Å². The predicted octanol–water partition coefficient (Wildman–Crippen LogP) is 3.37. The lowest BCUT2D eigenvalue weighted by atomic mass is 9.87. The molecule has 1 aliphatic rings. The number of hydrogen-bond donors (Lipinski definition) is 2. The second kappa shape index (κ2) is 11.1. The van der Waals surface area contributed by atoms with E-state index in [0.717, 1.165) is 25.1 Å². The van der Waals surface area contributed by atoms with Gasteiger partial charge in [0.15, 0.2) is 0 Å². The summed E-state index contributed by atoms with van der Waals surface area (Å²) in [6.07, 6.45) is 5.87. The van der Waals surface area contributed by atoms with Crippen LogP contribution in [0.4, 0.5) is 0 Å². The van der Waals surface area contributed by atoms with Crippen LogP contribution in [0.5, 0.6) is 5.75 Å². The van der Waals surface area contributed by atoms with Gasteiger partial charge in [-0.05, 0) is 62.9 Å². The van der Waals surface area contributed by atoms with Crippen LogP contribution >= 0.6 is 24.8 Å². The fraction of sp³-hybridized carbons (Fsp3) is 0.647. The Bertz CT molecular complexity index is 415. The molecule has 0 radical (unpaired) electrons. The van der Waals surface area contributed by atoms with Crippen molar-refractivity contribution in [1.82, 2.24) is 10.6 Å². The molecule has 0 fully saturated rings. The molecule has 1 aromatic rings. The molecule has 1 aliphatic carbocycles. The smallest absolute Gasteiger partial charge is 0.122 e. The zero-order chi connectivity index (χ0) is 14.4. The number of rotatable bonds is 7. The van der Waals surface area contributed by atoms with Gasteiger partial charge >= 0.3 is 0 Å². The molecule has 0 heterocycles. The Labute approximate surface area is 147 Å². The van der Waals surface area contributed by atoms with Crippen molar-refractivity contribution < 1.29 is 4.74 Å². The number of methoxy groups -OCH3 is 1. The Balaban J connectivity index is 0.00000220. The molecule has 128 valence electrons. The summed E-state index contributed by atoms with van der Waals surface area (Å²) in [6.45, 7) is 3.35. The molecule has 5 heteroatoms. The molecule has 3 nitrogen and oxygen atoms in total. The van der Waals surface area contributed by atoms with Gasteiger partial charge in [0.25, 0.3) is 0 Å². The van der Waals surface area contributed by atoms with Crippen molar-refractivity contribution in [2.75, 3.05) is 20.7 Å². The largest absolute Gasteiger partial charge is 0.496 e. The zero-order valence-corrected chi connectivity index (χ0v) is 15.5. The average molecular weight is 349 g/mol. The van der Waals surface area contributed by atoms with Crippen molar-refractivity contribution in [1.29, 1.82) is 0 Å². The number of hydrogen-bond acceptors (Lipinski definition) is 3.